The molecule has 1 aromatic rings. The van der Waals surface area contributed by atoms with E-state index in [-0.39, 0.29) is 24.1 Å². The van der Waals surface area contributed by atoms with E-state index in [0.29, 0.717) is 11.8 Å². The van der Waals surface area contributed by atoms with Crippen LogP contribution in [0.4, 0.5) is 0 Å². The van der Waals surface area contributed by atoms with Crippen LogP contribution in [0.2, 0.25) is 0 Å². The van der Waals surface area contributed by atoms with Crippen molar-refractivity contribution in [2.24, 2.45) is 5.92 Å². The topological polar surface area (TPSA) is 53.0 Å². The third-order valence-corrected chi connectivity index (χ3v) is 5.12. The van der Waals surface area contributed by atoms with Gasteiger partial charge in [0.1, 0.15) is 0 Å². The van der Waals surface area contributed by atoms with Crippen LogP contribution in [0.3, 0.4) is 0 Å². The molecular formula is C21H33ClN2O3. The molecule has 27 heavy (non-hydrogen) atoms. The maximum Gasteiger partial charge on any atom is 0.246 e. The molecule has 1 aliphatic carbocycles. The van der Waals surface area contributed by atoms with E-state index in [1.165, 1.54) is 20.0 Å². The number of ether oxygens (including phenoxy) is 1. The number of hydrogen-bond acceptors (Lipinski definition) is 4. The predicted octanol–water partition coefficient (Wildman–Crippen LogP) is 3.80. The number of carbonyl (C=O) groups excluding carboxylic acids is 1. The third-order valence-electron chi connectivity index (χ3n) is 5.12. The number of carbonyl (C=O) groups is 1. The first-order valence-corrected chi connectivity index (χ1v) is 9.41. The number of phenols is 1. The van der Waals surface area contributed by atoms with Crippen LogP contribution in [-0.4, -0.2) is 61.2 Å². The number of aromatic hydroxyl groups is 1. The van der Waals surface area contributed by atoms with Crippen molar-refractivity contribution in [3.63, 3.8) is 0 Å². The monoisotopic (exact) mass is 396 g/mol. The van der Waals surface area contributed by atoms with Crippen molar-refractivity contribution >= 4 is 24.4 Å². The number of rotatable bonds is 7. The van der Waals surface area contributed by atoms with Crippen LogP contribution < -0.4 is 4.74 Å². The number of benzene rings is 1. The first kappa shape index (κ1) is 23.3. The quantitative estimate of drug-likeness (QED) is 0.712. The van der Waals surface area contributed by atoms with E-state index in [2.05, 4.69) is 11.8 Å². The van der Waals surface area contributed by atoms with Gasteiger partial charge in [-0.1, -0.05) is 13.0 Å². The average molecular weight is 397 g/mol. The third kappa shape index (κ3) is 7.07. The Bertz CT molecular complexity index is 626. The Balaban J connectivity index is 0.00000364. The van der Waals surface area contributed by atoms with E-state index in [0.717, 1.165) is 37.4 Å². The minimum atomic E-state index is 0. The molecule has 0 unspecified atom stereocenters. The maximum atomic E-state index is 12.9. The smallest absolute Gasteiger partial charge is 0.246 e. The van der Waals surface area contributed by atoms with Gasteiger partial charge in [0.25, 0.3) is 0 Å². The van der Waals surface area contributed by atoms with E-state index in [1.807, 2.05) is 19.0 Å². The highest BCUT2D eigenvalue weighted by molar-refractivity contribution is 5.92. The normalized spacial score (nSPS) is 19.7. The van der Waals surface area contributed by atoms with E-state index in [4.69, 9.17) is 4.74 Å². The molecule has 1 saturated carbocycles. The van der Waals surface area contributed by atoms with Gasteiger partial charge in [0, 0.05) is 25.2 Å². The Hall–Kier alpha value is -1.72. The van der Waals surface area contributed by atoms with Crippen molar-refractivity contribution in [1.29, 1.82) is 0 Å². The minimum Gasteiger partial charge on any atom is -0.504 e. The summed E-state index contributed by atoms with van der Waals surface area (Å²) in [4.78, 5) is 17.0. The molecule has 0 saturated heterocycles. The highest BCUT2D eigenvalue weighted by Gasteiger charge is 2.26. The van der Waals surface area contributed by atoms with Gasteiger partial charge in [-0.2, -0.15) is 0 Å². The average Bonchev–Trinajstić information content (AvgIpc) is 2.62. The van der Waals surface area contributed by atoms with E-state index in [1.54, 1.807) is 30.4 Å². The zero-order valence-corrected chi connectivity index (χ0v) is 17.7. The van der Waals surface area contributed by atoms with Gasteiger partial charge in [-0.05, 0) is 69.5 Å². The lowest BCUT2D eigenvalue weighted by atomic mass is 9.86. The zero-order valence-electron chi connectivity index (χ0n) is 16.9. The molecule has 0 aromatic heterocycles. The molecule has 0 heterocycles. The summed E-state index contributed by atoms with van der Waals surface area (Å²) in [7, 11) is 5.58. The molecule has 6 heteroatoms. The molecule has 1 N–H and O–H groups in total. The van der Waals surface area contributed by atoms with Gasteiger partial charge in [-0.25, -0.2) is 0 Å². The van der Waals surface area contributed by atoms with Crippen molar-refractivity contribution in [2.45, 2.75) is 38.6 Å². The number of likely N-dealkylation sites (N-methyl/N-ethyl adjacent to an activating group) is 1. The lowest BCUT2D eigenvalue weighted by molar-refractivity contribution is -0.129. The Morgan fingerprint density at radius 1 is 1.22 bits per heavy atom. The summed E-state index contributed by atoms with van der Waals surface area (Å²) < 4.78 is 5.13. The molecule has 0 atom stereocenters. The van der Waals surface area contributed by atoms with Crippen molar-refractivity contribution in [3.8, 4) is 11.5 Å². The summed E-state index contributed by atoms with van der Waals surface area (Å²) in [5.41, 5.74) is 0.831. The molecule has 1 fully saturated rings. The maximum absolute atomic E-state index is 12.9. The highest BCUT2D eigenvalue weighted by Crippen LogP contribution is 2.28. The molecule has 5 nitrogen and oxygen atoms in total. The summed E-state index contributed by atoms with van der Waals surface area (Å²) >= 11 is 0. The summed E-state index contributed by atoms with van der Waals surface area (Å²) in [6.07, 6.45) is 7.98. The van der Waals surface area contributed by atoms with Crippen LogP contribution in [0.1, 0.15) is 38.2 Å². The first-order chi connectivity index (χ1) is 12.4. The molecular weight excluding hydrogens is 364 g/mol. The van der Waals surface area contributed by atoms with E-state index < -0.39 is 0 Å². The Morgan fingerprint density at radius 2 is 1.89 bits per heavy atom. The van der Waals surface area contributed by atoms with Gasteiger partial charge in [0.2, 0.25) is 5.91 Å². The van der Waals surface area contributed by atoms with Gasteiger partial charge in [-0.15, -0.1) is 12.4 Å². The van der Waals surface area contributed by atoms with Gasteiger partial charge in [0.05, 0.1) is 7.11 Å². The van der Waals surface area contributed by atoms with Gasteiger partial charge in [-0.3, -0.25) is 4.79 Å². The van der Waals surface area contributed by atoms with Crippen LogP contribution in [0.15, 0.2) is 24.3 Å². The summed E-state index contributed by atoms with van der Waals surface area (Å²) in [5.74, 6) is 1.32. The van der Waals surface area contributed by atoms with Crippen molar-refractivity contribution in [3.05, 3.63) is 29.8 Å². The van der Waals surface area contributed by atoms with Crippen LogP contribution >= 0.6 is 12.4 Å². The molecule has 0 radical (unpaired) electrons. The van der Waals surface area contributed by atoms with E-state index in [9.17, 15) is 9.90 Å². The van der Waals surface area contributed by atoms with Crippen LogP contribution in [-0.2, 0) is 4.79 Å². The molecule has 0 spiro atoms. The Kier molecular flexibility index (Phi) is 9.67. The van der Waals surface area contributed by atoms with Crippen LogP contribution in [0.5, 0.6) is 11.5 Å². The fraction of sp³-hybridized carbons (Fsp3) is 0.571. The lowest BCUT2D eigenvalue weighted by Gasteiger charge is -2.36. The Labute approximate surface area is 169 Å². The molecule has 1 aliphatic rings. The fourth-order valence-electron chi connectivity index (χ4n) is 3.40. The highest BCUT2D eigenvalue weighted by atomic mass is 35.5. The number of methoxy groups -OCH3 is 1. The number of phenolic OH excluding ortho intramolecular Hbond substituents is 1. The Morgan fingerprint density at radius 3 is 2.48 bits per heavy atom. The second-order valence-electron chi connectivity index (χ2n) is 7.51. The van der Waals surface area contributed by atoms with Crippen LogP contribution in [0.25, 0.3) is 6.08 Å². The fourth-order valence-corrected chi connectivity index (χ4v) is 3.40. The number of amides is 1. The second-order valence-corrected chi connectivity index (χ2v) is 7.51. The minimum absolute atomic E-state index is 0. The van der Waals surface area contributed by atoms with Gasteiger partial charge >= 0.3 is 0 Å². The molecule has 2 rings (SSSR count). The molecule has 152 valence electrons. The standard InChI is InChI=1S/C21H32N2O3.ClH/c1-16-5-9-18(10-6-16)23(14-13-22(2)3)21(25)12-8-17-7-11-19(24)20(15-17)26-4;/h7-8,11-12,15-16,18,24H,5-6,9-10,13-14H2,1-4H3;1H/t16-,18-;. The van der Waals surface area contributed by atoms with Crippen molar-refractivity contribution < 1.29 is 14.6 Å². The largest absolute Gasteiger partial charge is 0.504 e. The van der Waals surface area contributed by atoms with Gasteiger partial charge < -0.3 is 19.6 Å². The SMILES string of the molecule is COc1cc(C=CC(=O)N(CCN(C)C)[C@H]2CC[C@H](C)CC2)ccc1O.Cl. The van der Waals surface area contributed by atoms with E-state index >= 15 is 0 Å². The first-order valence-electron chi connectivity index (χ1n) is 9.41. The predicted molar refractivity (Wildman–Crippen MR) is 113 cm³/mol. The number of halogens is 1. The molecule has 1 amide bonds. The van der Waals surface area contributed by atoms with Crippen molar-refractivity contribution in [1.82, 2.24) is 9.80 Å². The number of hydrogen-bond donors (Lipinski definition) is 1. The molecule has 1 aromatic carbocycles. The summed E-state index contributed by atoms with van der Waals surface area (Å²) in [6, 6.07) is 5.41. The summed E-state index contributed by atoms with van der Waals surface area (Å²) in [5, 5.41) is 9.69. The molecule has 0 aliphatic heterocycles. The number of nitrogens with zero attached hydrogens (tertiary/aromatic N) is 2. The van der Waals surface area contributed by atoms with Gasteiger partial charge in [0.15, 0.2) is 11.5 Å². The van der Waals surface area contributed by atoms with Crippen molar-refractivity contribution in [2.75, 3.05) is 34.3 Å². The van der Waals surface area contributed by atoms with Crippen LogP contribution in [0, 0.1) is 5.92 Å². The lowest BCUT2D eigenvalue weighted by Crippen LogP contribution is -2.44. The summed E-state index contributed by atoms with van der Waals surface area (Å²) in [6.45, 7) is 3.90. The zero-order chi connectivity index (χ0) is 19.1. The molecule has 0 bridgehead atoms. The second kappa shape index (κ2) is 11.2.